The molecule has 0 saturated heterocycles. The van der Waals surface area contributed by atoms with E-state index >= 15 is 0 Å². The first-order valence-electron chi connectivity index (χ1n) is 10.1. The minimum absolute atomic E-state index is 0.152. The van der Waals surface area contributed by atoms with Crippen LogP contribution in [-0.2, 0) is 25.6 Å². The first-order chi connectivity index (χ1) is 15.1. The van der Waals surface area contributed by atoms with E-state index < -0.39 is 18.0 Å². The number of allylic oxidation sites excluding steroid dienone is 2. The first kappa shape index (κ1) is 20.5. The Morgan fingerprint density at radius 1 is 1.16 bits per heavy atom. The van der Waals surface area contributed by atoms with Crippen LogP contribution in [0.4, 0.5) is 4.79 Å². The molecule has 2 aromatic rings. The summed E-state index contributed by atoms with van der Waals surface area (Å²) in [5.41, 5.74) is 3.49. The lowest BCUT2D eigenvalue weighted by Gasteiger charge is -2.27. The third-order valence-electron chi connectivity index (χ3n) is 5.05. The monoisotopic (exact) mass is 421 g/mol. The summed E-state index contributed by atoms with van der Waals surface area (Å²) in [6.45, 7) is 4.22. The molecule has 0 bridgehead atoms. The van der Waals surface area contributed by atoms with Crippen LogP contribution in [0.1, 0.15) is 30.9 Å². The second-order valence-corrected chi connectivity index (χ2v) is 7.15. The highest BCUT2D eigenvalue weighted by atomic mass is 16.7. The number of nitrogens with one attached hydrogen (secondary N) is 1. The van der Waals surface area contributed by atoms with E-state index in [1.807, 2.05) is 54.6 Å². The average molecular weight is 421 g/mol. The molecule has 1 N–H and O–H groups in total. The predicted octanol–water partition coefficient (Wildman–Crippen LogP) is 4.17. The molecule has 1 unspecified atom stereocenters. The van der Waals surface area contributed by atoms with Crippen LogP contribution >= 0.6 is 0 Å². The summed E-state index contributed by atoms with van der Waals surface area (Å²) >= 11 is 0. The van der Waals surface area contributed by atoms with Crippen molar-refractivity contribution in [1.29, 1.82) is 0 Å². The Morgan fingerprint density at radius 2 is 1.97 bits per heavy atom. The second kappa shape index (κ2) is 8.95. The zero-order valence-electron chi connectivity index (χ0n) is 17.3. The molecule has 0 fully saturated rings. The summed E-state index contributed by atoms with van der Waals surface area (Å²) in [6, 6.07) is 17.2. The Bertz CT molecular complexity index is 1060. The van der Waals surface area contributed by atoms with Crippen molar-refractivity contribution in [2.24, 2.45) is 0 Å². The molecule has 2 aromatic carbocycles. The van der Waals surface area contributed by atoms with Crippen LogP contribution in [0.3, 0.4) is 0 Å². The summed E-state index contributed by atoms with van der Waals surface area (Å²) in [5, 5.41) is 3.12. The van der Waals surface area contributed by atoms with E-state index in [0.29, 0.717) is 35.1 Å². The third-order valence-corrected chi connectivity index (χ3v) is 5.05. The predicted molar refractivity (Wildman–Crippen MR) is 112 cm³/mol. The molecule has 0 aromatic heterocycles. The number of hydrogen-bond donors (Lipinski definition) is 1. The van der Waals surface area contributed by atoms with Crippen LogP contribution in [0.5, 0.6) is 5.75 Å². The van der Waals surface area contributed by atoms with E-state index in [-0.39, 0.29) is 13.2 Å². The number of rotatable bonds is 6. The SMILES string of the molecule is CCOC(=O)OC1=C(C)NC2=C(C(=O)OC2)C1c1cccc(OCc2ccccc2)c1. The Hall–Kier alpha value is -3.74. The fourth-order valence-corrected chi connectivity index (χ4v) is 3.66. The number of cyclic esters (lactones) is 1. The molecular formula is C24H23NO6. The number of benzene rings is 2. The van der Waals surface area contributed by atoms with Gasteiger partial charge in [0.1, 0.15) is 24.7 Å². The van der Waals surface area contributed by atoms with Crippen molar-refractivity contribution >= 4 is 12.1 Å². The maximum Gasteiger partial charge on any atom is 0.513 e. The van der Waals surface area contributed by atoms with Gasteiger partial charge in [-0.1, -0.05) is 42.5 Å². The normalized spacial score (nSPS) is 17.6. The van der Waals surface area contributed by atoms with Crippen LogP contribution < -0.4 is 10.1 Å². The molecule has 7 heteroatoms. The Balaban J connectivity index is 1.65. The van der Waals surface area contributed by atoms with Crippen molar-refractivity contribution in [3.05, 3.63) is 88.5 Å². The fraction of sp³-hybridized carbons (Fsp3) is 0.250. The van der Waals surface area contributed by atoms with E-state index in [0.717, 1.165) is 11.1 Å². The highest BCUT2D eigenvalue weighted by Crippen LogP contribution is 2.42. The van der Waals surface area contributed by atoms with Crippen molar-refractivity contribution in [2.45, 2.75) is 26.4 Å². The van der Waals surface area contributed by atoms with Gasteiger partial charge in [-0.2, -0.15) is 0 Å². The molecule has 2 heterocycles. The lowest BCUT2D eigenvalue weighted by atomic mass is 9.85. The molecule has 0 saturated carbocycles. The van der Waals surface area contributed by atoms with Gasteiger partial charge in [0.2, 0.25) is 0 Å². The summed E-state index contributed by atoms with van der Waals surface area (Å²) in [7, 11) is 0. The van der Waals surface area contributed by atoms with Gasteiger partial charge in [-0.25, -0.2) is 9.59 Å². The number of hydrogen-bond acceptors (Lipinski definition) is 7. The van der Waals surface area contributed by atoms with E-state index in [1.54, 1.807) is 13.8 Å². The lowest BCUT2D eigenvalue weighted by Crippen LogP contribution is -2.28. The molecule has 4 rings (SSSR count). The largest absolute Gasteiger partial charge is 0.513 e. The number of dihydropyridines is 1. The maximum atomic E-state index is 12.5. The summed E-state index contributed by atoms with van der Waals surface area (Å²) in [4.78, 5) is 24.6. The quantitative estimate of drug-likeness (QED) is 0.701. The standard InChI is InChI=1S/C24H23NO6/c1-3-28-24(27)31-22-15(2)25-19-14-30-23(26)21(19)20(22)17-10-7-11-18(12-17)29-13-16-8-5-4-6-9-16/h4-12,20,25H,3,13-14H2,1-2H3. The lowest BCUT2D eigenvalue weighted by molar-refractivity contribution is -0.136. The molecule has 2 aliphatic rings. The van der Waals surface area contributed by atoms with Gasteiger partial charge in [-0.15, -0.1) is 0 Å². The molecule has 1 atom stereocenters. The van der Waals surface area contributed by atoms with E-state index in [2.05, 4.69) is 5.32 Å². The van der Waals surface area contributed by atoms with Gasteiger partial charge < -0.3 is 24.3 Å². The molecule has 0 radical (unpaired) electrons. The molecule has 7 nitrogen and oxygen atoms in total. The van der Waals surface area contributed by atoms with Crippen molar-refractivity contribution in [3.63, 3.8) is 0 Å². The molecule has 0 aliphatic carbocycles. The Kier molecular flexibility index (Phi) is 5.93. The van der Waals surface area contributed by atoms with Gasteiger partial charge in [0.05, 0.1) is 29.5 Å². The van der Waals surface area contributed by atoms with Crippen LogP contribution in [-0.4, -0.2) is 25.3 Å². The summed E-state index contributed by atoms with van der Waals surface area (Å²) < 4.78 is 21.6. The minimum Gasteiger partial charge on any atom is -0.489 e. The van der Waals surface area contributed by atoms with Crippen molar-refractivity contribution < 1.29 is 28.5 Å². The van der Waals surface area contributed by atoms with Crippen LogP contribution in [0.15, 0.2) is 77.3 Å². The second-order valence-electron chi connectivity index (χ2n) is 7.15. The number of esters is 1. The number of carbonyl (C=O) groups excluding carboxylic acids is 2. The van der Waals surface area contributed by atoms with Crippen molar-refractivity contribution in [3.8, 4) is 5.75 Å². The molecule has 0 amide bonds. The van der Waals surface area contributed by atoms with Crippen molar-refractivity contribution in [2.75, 3.05) is 13.2 Å². The first-order valence-corrected chi connectivity index (χ1v) is 10.1. The molecule has 160 valence electrons. The van der Waals surface area contributed by atoms with Gasteiger partial charge in [0.15, 0.2) is 0 Å². The highest BCUT2D eigenvalue weighted by molar-refractivity contribution is 5.95. The number of ether oxygens (including phenoxy) is 4. The summed E-state index contributed by atoms with van der Waals surface area (Å²) in [6.07, 6.45) is -0.824. The Morgan fingerprint density at radius 3 is 2.74 bits per heavy atom. The van der Waals surface area contributed by atoms with Crippen molar-refractivity contribution in [1.82, 2.24) is 5.32 Å². The van der Waals surface area contributed by atoms with Crippen LogP contribution in [0.25, 0.3) is 0 Å². The van der Waals surface area contributed by atoms with Gasteiger partial charge in [0, 0.05) is 0 Å². The average Bonchev–Trinajstić information content (AvgIpc) is 3.14. The van der Waals surface area contributed by atoms with Gasteiger partial charge >= 0.3 is 12.1 Å². The molecule has 2 aliphatic heterocycles. The van der Waals surface area contributed by atoms with Gasteiger partial charge in [-0.05, 0) is 37.1 Å². The zero-order chi connectivity index (χ0) is 21.8. The van der Waals surface area contributed by atoms with Crippen LogP contribution in [0, 0.1) is 0 Å². The topological polar surface area (TPSA) is 83.1 Å². The van der Waals surface area contributed by atoms with Crippen LogP contribution in [0.2, 0.25) is 0 Å². The number of carbonyl (C=O) groups is 2. The van der Waals surface area contributed by atoms with Gasteiger partial charge in [-0.3, -0.25) is 0 Å². The smallest absolute Gasteiger partial charge is 0.489 e. The zero-order valence-corrected chi connectivity index (χ0v) is 17.3. The molecule has 31 heavy (non-hydrogen) atoms. The highest BCUT2D eigenvalue weighted by Gasteiger charge is 2.41. The molecular weight excluding hydrogens is 398 g/mol. The van der Waals surface area contributed by atoms with E-state index in [9.17, 15) is 9.59 Å². The minimum atomic E-state index is -0.824. The van der Waals surface area contributed by atoms with E-state index in [1.165, 1.54) is 0 Å². The maximum absolute atomic E-state index is 12.5. The van der Waals surface area contributed by atoms with Gasteiger partial charge in [0.25, 0.3) is 0 Å². The Labute approximate surface area is 180 Å². The van der Waals surface area contributed by atoms with E-state index in [4.69, 9.17) is 18.9 Å². The summed E-state index contributed by atoms with van der Waals surface area (Å²) in [5.74, 6) is -0.116. The third kappa shape index (κ3) is 4.40. The molecule has 0 spiro atoms. The fourth-order valence-electron chi connectivity index (χ4n) is 3.66.